The van der Waals surface area contributed by atoms with Gasteiger partial charge in [-0.1, -0.05) is 47.0 Å². The molecule has 1 aromatic heterocycles. The maximum absolute atomic E-state index is 12.7. The highest BCUT2D eigenvalue weighted by molar-refractivity contribution is 7.15. The second-order valence-corrected chi connectivity index (χ2v) is 8.53. The van der Waals surface area contributed by atoms with Crippen LogP contribution in [-0.2, 0) is 9.53 Å². The SMILES string of the molecule is CCOC(=O)c1c(-c2ccc(C)cc2C)csc1NC(=O)COc1cc(Cl)ccc1Cl. The van der Waals surface area contributed by atoms with Gasteiger partial charge in [0.1, 0.15) is 16.3 Å². The molecule has 3 rings (SSSR count). The van der Waals surface area contributed by atoms with Gasteiger partial charge in [-0.3, -0.25) is 4.79 Å². The molecule has 1 N–H and O–H groups in total. The number of hydrogen-bond donors (Lipinski definition) is 1. The summed E-state index contributed by atoms with van der Waals surface area (Å²) >= 11 is 13.3. The third kappa shape index (κ3) is 5.58. The molecule has 0 aliphatic rings. The molecule has 1 amide bonds. The first-order chi connectivity index (χ1) is 14.8. The normalized spacial score (nSPS) is 10.6. The van der Waals surface area contributed by atoms with Gasteiger partial charge < -0.3 is 14.8 Å². The van der Waals surface area contributed by atoms with Crippen LogP contribution in [0.15, 0.2) is 41.8 Å². The Morgan fingerprint density at radius 2 is 1.84 bits per heavy atom. The molecule has 0 spiro atoms. The molecule has 31 heavy (non-hydrogen) atoms. The van der Waals surface area contributed by atoms with Gasteiger partial charge >= 0.3 is 5.97 Å². The molecule has 0 atom stereocenters. The molecule has 8 heteroatoms. The topological polar surface area (TPSA) is 64.6 Å². The van der Waals surface area contributed by atoms with E-state index in [1.165, 1.54) is 17.4 Å². The molecular formula is C23H21Cl2NO4S. The first kappa shape index (κ1) is 23.1. The van der Waals surface area contributed by atoms with Crippen molar-refractivity contribution in [2.24, 2.45) is 0 Å². The summed E-state index contributed by atoms with van der Waals surface area (Å²) in [6, 6.07) is 10.7. The zero-order chi connectivity index (χ0) is 22.5. The quantitative estimate of drug-likeness (QED) is 0.392. The molecule has 2 aromatic carbocycles. The van der Waals surface area contributed by atoms with Crippen molar-refractivity contribution in [3.8, 4) is 16.9 Å². The fourth-order valence-electron chi connectivity index (χ4n) is 3.06. The van der Waals surface area contributed by atoms with E-state index in [-0.39, 0.29) is 13.2 Å². The van der Waals surface area contributed by atoms with Crippen molar-refractivity contribution in [3.05, 3.63) is 68.5 Å². The van der Waals surface area contributed by atoms with Crippen molar-refractivity contribution in [3.63, 3.8) is 0 Å². The number of carbonyl (C=O) groups is 2. The van der Waals surface area contributed by atoms with E-state index >= 15 is 0 Å². The summed E-state index contributed by atoms with van der Waals surface area (Å²) < 4.78 is 10.7. The van der Waals surface area contributed by atoms with Gasteiger partial charge in [0.25, 0.3) is 5.91 Å². The average Bonchev–Trinajstić information content (AvgIpc) is 3.12. The van der Waals surface area contributed by atoms with E-state index in [1.54, 1.807) is 19.1 Å². The predicted octanol–water partition coefficient (Wildman–Crippen LogP) is 6.53. The number of ether oxygens (including phenoxy) is 2. The third-order valence-corrected chi connectivity index (χ3v) is 5.89. The Hall–Kier alpha value is -2.54. The number of nitrogens with one attached hydrogen (secondary N) is 1. The van der Waals surface area contributed by atoms with Gasteiger partial charge in [-0.25, -0.2) is 4.79 Å². The second-order valence-electron chi connectivity index (χ2n) is 6.80. The standard InChI is InChI=1S/C23H21Cl2NO4S/c1-4-29-23(28)21-17(16-7-5-13(2)9-14(16)3)12-31-22(21)26-20(27)11-30-19-10-15(24)6-8-18(19)25/h5-10,12H,4,11H2,1-3H3,(H,26,27). The van der Waals surface area contributed by atoms with Crippen molar-refractivity contribution >= 4 is 51.4 Å². The summed E-state index contributed by atoms with van der Waals surface area (Å²) in [4.78, 5) is 25.2. The lowest BCUT2D eigenvalue weighted by Crippen LogP contribution is -2.21. The van der Waals surface area contributed by atoms with Crippen LogP contribution in [0.5, 0.6) is 5.75 Å². The average molecular weight is 478 g/mol. The lowest BCUT2D eigenvalue weighted by atomic mass is 9.97. The number of carbonyl (C=O) groups excluding carboxylic acids is 2. The minimum Gasteiger partial charge on any atom is -0.482 e. The van der Waals surface area contributed by atoms with Gasteiger partial charge in [-0.05, 0) is 44.0 Å². The largest absolute Gasteiger partial charge is 0.482 e. The highest BCUT2D eigenvalue weighted by Crippen LogP contribution is 2.38. The van der Waals surface area contributed by atoms with Crippen LogP contribution in [0, 0.1) is 13.8 Å². The van der Waals surface area contributed by atoms with Gasteiger partial charge in [-0.15, -0.1) is 11.3 Å². The van der Waals surface area contributed by atoms with E-state index in [9.17, 15) is 9.59 Å². The van der Waals surface area contributed by atoms with Crippen LogP contribution in [0.1, 0.15) is 28.4 Å². The smallest absolute Gasteiger partial charge is 0.341 e. The highest BCUT2D eigenvalue weighted by Gasteiger charge is 2.23. The van der Waals surface area contributed by atoms with E-state index < -0.39 is 11.9 Å². The first-order valence-electron chi connectivity index (χ1n) is 9.54. The van der Waals surface area contributed by atoms with E-state index in [0.717, 1.165) is 22.3 Å². The number of anilines is 1. The van der Waals surface area contributed by atoms with Crippen LogP contribution in [0.2, 0.25) is 10.0 Å². The van der Waals surface area contributed by atoms with Gasteiger partial charge in [0.05, 0.1) is 11.6 Å². The molecule has 0 saturated carbocycles. The van der Waals surface area contributed by atoms with Crippen LogP contribution in [0.4, 0.5) is 5.00 Å². The summed E-state index contributed by atoms with van der Waals surface area (Å²) in [5.41, 5.74) is 4.11. The highest BCUT2D eigenvalue weighted by atomic mass is 35.5. The van der Waals surface area contributed by atoms with E-state index in [1.807, 2.05) is 37.4 Å². The Balaban J connectivity index is 1.85. The Morgan fingerprint density at radius 1 is 1.06 bits per heavy atom. The van der Waals surface area contributed by atoms with Gasteiger partial charge in [-0.2, -0.15) is 0 Å². The molecule has 0 fully saturated rings. The minimum absolute atomic E-state index is 0.227. The molecule has 5 nitrogen and oxygen atoms in total. The molecule has 162 valence electrons. The summed E-state index contributed by atoms with van der Waals surface area (Å²) in [5.74, 6) is -0.625. The Bertz CT molecular complexity index is 1130. The molecule has 0 bridgehead atoms. The molecule has 1 heterocycles. The molecule has 0 unspecified atom stereocenters. The number of halogens is 2. The Kier molecular flexibility index (Phi) is 7.59. The fraction of sp³-hybridized carbons (Fsp3) is 0.217. The molecule has 3 aromatic rings. The number of benzene rings is 2. The molecular weight excluding hydrogens is 457 g/mol. The van der Waals surface area contributed by atoms with E-state index in [4.69, 9.17) is 32.7 Å². The zero-order valence-electron chi connectivity index (χ0n) is 17.3. The predicted molar refractivity (Wildman–Crippen MR) is 126 cm³/mol. The second kappa shape index (κ2) is 10.2. The Labute approximate surface area is 194 Å². The van der Waals surface area contributed by atoms with Crippen LogP contribution in [0.3, 0.4) is 0 Å². The minimum atomic E-state index is -0.493. The number of rotatable bonds is 7. The van der Waals surface area contributed by atoms with E-state index in [0.29, 0.717) is 26.4 Å². The lowest BCUT2D eigenvalue weighted by molar-refractivity contribution is -0.118. The zero-order valence-corrected chi connectivity index (χ0v) is 19.6. The number of esters is 1. The molecule has 0 aliphatic heterocycles. The summed E-state index contributed by atoms with van der Waals surface area (Å²) in [6.45, 7) is 5.66. The molecule has 0 saturated heterocycles. The fourth-order valence-corrected chi connectivity index (χ4v) is 4.36. The van der Waals surface area contributed by atoms with Crippen molar-refractivity contribution in [1.29, 1.82) is 0 Å². The van der Waals surface area contributed by atoms with Gasteiger partial charge in [0, 0.05) is 22.0 Å². The van der Waals surface area contributed by atoms with Crippen LogP contribution < -0.4 is 10.1 Å². The molecule has 0 aliphatic carbocycles. The maximum atomic E-state index is 12.7. The summed E-state index contributed by atoms with van der Waals surface area (Å²) in [6.07, 6.45) is 0. The maximum Gasteiger partial charge on any atom is 0.341 e. The first-order valence-corrected chi connectivity index (χ1v) is 11.2. The summed E-state index contributed by atoms with van der Waals surface area (Å²) in [5, 5.41) is 5.79. The van der Waals surface area contributed by atoms with Crippen molar-refractivity contribution in [1.82, 2.24) is 0 Å². The van der Waals surface area contributed by atoms with E-state index in [2.05, 4.69) is 5.32 Å². The van der Waals surface area contributed by atoms with Crippen LogP contribution >= 0.6 is 34.5 Å². The number of hydrogen-bond acceptors (Lipinski definition) is 5. The van der Waals surface area contributed by atoms with Gasteiger partial charge in [0.2, 0.25) is 0 Å². The number of aryl methyl sites for hydroxylation is 2. The van der Waals surface area contributed by atoms with Crippen LogP contribution in [0.25, 0.3) is 11.1 Å². The summed E-state index contributed by atoms with van der Waals surface area (Å²) in [7, 11) is 0. The lowest BCUT2D eigenvalue weighted by Gasteiger charge is -2.11. The van der Waals surface area contributed by atoms with Crippen molar-refractivity contribution in [2.45, 2.75) is 20.8 Å². The monoisotopic (exact) mass is 477 g/mol. The number of amides is 1. The Morgan fingerprint density at radius 3 is 2.55 bits per heavy atom. The van der Waals surface area contributed by atoms with Crippen molar-refractivity contribution < 1.29 is 19.1 Å². The van der Waals surface area contributed by atoms with Crippen LogP contribution in [-0.4, -0.2) is 25.1 Å². The van der Waals surface area contributed by atoms with Gasteiger partial charge in [0.15, 0.2) is 6.61 Å². The molecule has 0 radical (unpaired) electrons. The van der Waals surface area contributed by atoms with Crippen molar-refractivity contribution in [2.75, 3.05) is 18.5 Å². The number of thiophene rings is 1. The third-order valence-electron chi connectivity index (χ3n) is 4.45.